The number of hydrogen-bond acceptors (Lipinski definition) is 6. The Hall–Kier alpha value is -3.68. The van der Waals surface area contributed by atoms with Crippen molar-refractivity contribution in [3.05, 3.63) is 53.1 Å². The van der Waals surface area contributed by atoms with Gasteiger partial charge in [-0.25, -0.2) is 4.79 Å². The third kappa shape index (κ3) is 5.09. The number of carbonyl (C=O) groups excluding carboxylic acids is 4. The lowest BCUT2D eigenvalue weighted by Crippen LogP contribution is -2.36. The van der Waals surface area contributed by atoms with Crippen LogP contribution in [0.5, 0.6) is 0 Å². The quantitative estimate of drug-likeness (QED) is 0.399. The summed E-state index contributed by atoms with van der Waals surface area (Å²) in [6.45, 7) is 2.29. The number of fused-ring (bicyclic) bond motifs is 1. The second-order valence-corrected chi connectivity index (χ2v) is 6.96. The van der Waals surface area contributed by atoms with Crippen molar-refractivity contribution in [3.8, 4) is 11.1 Å². The number of esters is 1. The lowest BCUT2D eigenvalue weighted by molar-refractivity contribution is -0.112. The first-order valence-corrected chi connectivity index (χ1v) is 9.90. The fourth-order valence-electron chi connectivity index (χ4n) is 3.50. The third-order valence-electron chi connectivity index (χ3n) is 5.01. The zero-order valence-electron chi connectivity index (χ0n) is 17.9. The van der Waals surface area contributed by atoms with Gasteiger partial charge in [0.1, 0.15) is 6.29 Å². The number of nitrogens with two attached hydrogens (primary N) is 1. The van der Waals surface area contributed by atoms with Gasteiger partial charge in [-0.05, 0) is 35.7 Å². The molecule has 0 saturated heterocycles. The van der Waals surface area contributed by atoms with Crippen LogP contribution in [0, 0.1) is 0 Å². The van der Waals surface area contributed by atoms with Crippen LogP contribution in [0.25, 0.3) is 11.1 Å². The van der Waals surface area contributed by atoms with Crippen LogP contribution in [0.15, 0.2) is 36.4 Å². The summed E-state index contributed by atoms with van der Waals surface area (Å²) < 4.78 is 4.85. The molecule has 164 valence electrons. The monoisotopic (exact) mass is 425 g/mol. The molecular weight excluding hydrogens is 398 g/mol. The second-order valence-electron chi connectivity index (χ2n) is 6.96. The first-order valence-electron chi connectivity index (χ1n) is 9.90. The molecule has 1 unspecified atom stereocenters. The summed E-state index contributed by atoms with van der Waals surface area (Å²) in [4.78, 5) is 47.0. The van der Waals surface area contributed by atoms with Gasteiger partial charge in [-0.15, -0.1) is 0 Å². The van der Waals surface area contributed by atoms with E-state index in [4.69, 9.17) is 15.3 Å². The second kappa shape index (κ2) is 10.9. The van der Waals surface area contributed by atoms with E-state index in [1.807, 2.05) is 13.0 Å². The van der Waals surface area contributed by atoms with Crippen molar-refractivity contribution in [2.24, 2.45) is 0 Å². The molecule has 31 heavy (non-hydrogen) atoms. The maximum atomic E-state index is 12.9. The first-order chi connectivity index (χ1) is 14.9. The van der Waals surface area contributed by atoms with E-state index >= 15 is 0 Å². The standard InChI is InChI=1S/C21H22N2O4.C2H5NO/c1-3-6-14(12-24)23-11-18-17(20(23)25)9-13(10-19(18)22)15-7-4-5-8-16(15)21(26)27-2;1-3-2-4/h4-5,7-10,12,14H,3,6,11,22H2,1-2H3;2H,1H3,(H,3,4). The Bertz CT molecular complexity index is 974. The highest BCUT2D eigenvalue weighted by Crippen LogP contribution is 2.35. The van der Waals surface area contributed by atoms with Gasteiger partial charge in [0.05, 0.1) is 18.7 Å². The Labute approximate surface area is 181 Å². The lowest BCUT2D eigenvalue weighted by atomic mass is 9.95. The van der Waals surface area contributed by atoms with Gasteiger partial charge in [0.15, 0.2) is 0 Å². The number of nitrogens with one attached hydrogen (secondary N) is 1. The molecule has 3 N–H and O–H groups in total. The van der Waals surface area contributed by atoms with Crippen LogP contribution in [0.1, 0.15) is 46.0 Å². The van der Waals surface area contributed by atoms with Crippen LogP contribution >= 0.6 is 0 Å². The Morgan fingerprint density at radius 2 is 1.94 bits per heavy atom. The summed E-state index contributed by atoms with van der Waals surface area (Å²) >= 11 is 0. The number of rotatable bonds is 7. The number of nitrogens with zero attached hydrogens (tertiary/aromatic N) is 1. The third-order valence-corrected chi connectivity index (χ3v) is 5.01. The van der Waals surface area contributed by atoms with Crippen LogP contribution in [-0.2, 0) is 20.9 Å². The Morgan fingerprint density at radius 1 is 1.26 bits per heavy atom. The van der Waals surface area contributed by atoms with E-state index in [1.165, 1.54) is 7.11 Å². The van der Waals surface area contributed by atoms with E-state index in [-0.39, 0.29) is 5.91 Å². The summed E-state index contributed by atoms with van der Waals surface area (Å²) in [6.07, 6.45) is 2.86. The van der Waals surface area contributed by atoms with Crippen LogP contribution in [0.3, 0.4) is 0 Å². The maximum Gasteiger partial charge on any atom is 0.338 e. The smallest absolute Gasteiger partial charge is 0.338 e. The molecule has 0 saturated carbocycles. The van der Waals surface area contributed by atoms with Gasteiger partial charge in [0.25, 0.3) is 5.91 Å². The number of hydrogen-bond donors (Lipinski definition) is 2. The number of methoxy groups -OCH3 is 1. The molecule has 1 aliphatic rings. The predicted molar refractivity (Wildman–Crippen MR) is 117 cm³/mol. The predicted octanol–water partition coefficient (Wildman–Crippen LogP) is 2.41. The molecule has 2 aromatic rings. The number of carbonyl (C=O) groups is 4. The number of ether oxygens (including phenoxy) is 1. The Morgan fingerprint density at radius 3 is 2.52 bits per heavy atom. The van der Waals surface area contributed by atoms with Crippen LogP contribution in [0.2, 0.25) is 0 Å². The zero-order chi connectivity index (χ0) is 23.0. The van der Waals surface area contributed by atoms with Crippen molar-refractivity contribution in [2.45, 2.75) is 32.4 Å². The van der Waals surface area contributed by atoms with Gasteiger partial charge in [-0.3, -0.25) is 9.59 Å². The number of aldehydes is 1. The topological polar surface area (TPSA) is 119 Å². The van der Waals surface area contributed by atoms with Crippen molar-refractivity contribution >= 4 is 30.3 Å². The van der Waals surface area contributed by atoms with Crippen LogP contribution < -0.4 is 11.1 Å². The molecule has 1 heterocycles. The van der Waals surface area contributed by atoms with Gasteiger partial charge >= 0.3 is 5.97 Å². The highest BCUT2D eigenvalue weighted by molar-refractivity contribution is 6.04. The minimum absolute atomic E-state index is 0.209. The Kier molecular flexibility index (Phi) is 8.31. The summed E-state index contributed by atoms with van der Waals surface area (Å²) in [7, 11) is 2.89. The molecule has 8 nitrogen and oxygen atoms in total. The highest BCUT2D eigenvalue weighted by atomic mass is 16.5. The molecule has 8 heteroatoms. The first kappa shape index (κ1) is 23.6. The summed E-state index contributed by atoms with van der Waals surface area (Å²) in [5.74, 6) is -0.666. The van der Waals surface area contributed by atoms with E-state index in [1.54, 1.807) is 42.3 Å². The molecule has 3 rings (SSSR count). The number of nitrogen functional groups attached to an aromatic ring is 1. The molecular formula is C23H27N3O5. The van der Waals surface area contributed by atoms with Crippen molar-refractivity contribution in [1.82, 2.24) is 10.2 Å². The molecule has 0 aromatic heterocycles. The van der Waals surface area contributed by atoms with Crippen molar-refractivity contribution in [2.75, 3.05) is 19.9 Å². The lowest BCUT2D eigenvalue weighted by Gasteiger charge is -2.22. The molecule has 0 bridgehead atoms. The fourth-order valence-corrected chi connectivity index (χ4v) is 3.50. The number of benzene rings is 2. The molecule has 0 aliphatic carbocycles. The summed E-state index contributed by atoms with van der Waals surface area (Å²) in [6, 6.07) is 10.1. The molecule has 0 fully saturated rings. The van der Waals surface area contributed by atoms with E-state index < -0.39 is 12.0 Å². The molecule has 2 amide bonds. The van der Waals surface area contributed by atoms with E-state index in [2.05, 4.69) is 5.32 Å². The average Bonchev–Trinajstić information content (AvgIpc) is 3.13. The fraction of sp³-hybridized carbons (Fsp3) is 0.304. The van der Waals surface area contributed by atoms with Crippen molar-refractivity contribution < 1.29 is 23.9 Å². The van der Waals surface area contributed by atoms with Gasteiger partial charge < -0.3 is 25.5 Å². The van der Waals surface area contributed by atoms with Crippen LogP contribution in [-0.4, -0.2) is 49.7 Å². The van der Waals surface area contributed by atoms with E-state index in [9.17, 15) is 14.4 Å². The molecule has 0 radical (unpaired) electrons. The molecule has 1 aliphatic heterocycles. The maximum absolute atomic E-state index is 12.9. The van der Waals surface area contributed by atoms with Crippen molar-refractivity contribution in [3.63, 3.8) is 0 Å². The van der Waals surface area contributed by atoms with Crippen molar-refractivity contribution in [1.29, 1.82) is 0 Å². The van der Waals surface area contributed by atoms with E-state index in [0.717, 1.165) is 18.3 Å². The Balaban J connectivity index is 0.000000785. The highest BCUT2D eigenvalue weighted by Gasteiger charge is 2.34. The van der Waals surface area contributed by atoms with Gasteiger partial charge in [-0.2, -0.15) is 0 Å². The zero-order valence-corrected chi connectivity index (χ0v) is 17.9. The molecule has 0 spiro atoms. The van der Waals surface area contributed by atoms with Crippen LogP contribution in [0.4, 0.5) is 5.69 Å². The van der Waals surface area contributed by atoms with Gasteiger partial charge in [0.2, 0.25) is 6.41 Å². The van der Waals surface area contributed by atoms with Gasteiger partial charge in [0, 0.05) is 30.4 Å². The normalized spacial score (nSPS) is 12.9. The SMILES string of the molecule is CCCC(C=O)N1Cc2c(N)cc(-c3ccccc3C(=O)OC)cc2C1=O.CNC=O. The molecule has 2 aromatic carbocycles. The average molecular weight is 425 g/mol. The van der Waals surface area contributed by atoms with Gasteiger partial charge in [-0.1, -0.05) is 31.5 Å². The van der Waals surface area contributed by atoms with E-state index in [0.29, 0.717) is 47.3 Å². The largest absolute Gasteiger partial charge is 0.465 e. The number of amides is 2. The minimum atomic E-state index is -0.458. The summed E-state index contributed by atoms with van der Waals surface area (Å²) in [5.41, 5.74) is 9.61. The summed E-state index contributed by atoms with van der Waals surface area (Å²) in [5, 5.41) is 2.25. The molecule has 1 atom stereocenters. The minimum Gasteiger partial charge on any atom is -0.465 e. The number of anilines is 1.